The molecular weight excluding hydrogens is 455 g/mol. The largest absolute Gasteiger partial charge is 0.484 e. The number of nitriles is 1. The minimum Gasteiger partial charge on any atom is -0.484 e. The van der Waals surface area contributed by atoms with E-state index in [0.29, 0.717) is 25.8 Å². The standard InChI is InChI=1S/C23H26F3N3O3S/c1-14-9-15(32-13-23(24,25)26)3-4-18(14)33-16-10-17(19(30)28-22(12-27)7-8-22)29(11-16)20(31)21(2)5-6-21/h3-4,9,16-17H,5-8,10-11,13H2,1-2H3,(H,28,30)/t16-,17+/m1/s1. The fourth-order valence-electron chi connectivity index (χ4n) is 4.00. The Kier molecular flexibility index (Phi) is 6.06. The quantitative estimate of drug-likeness (QED) is 0.637. The summed E-state index contributed by atoms with van der Waals surface area (Å²) in [6.07, 6.45) is -1.11. The van der Waals surface area contributed by atoms with Gasteiger partial charge in [0.15, 0.2) is 6.61 Å². The highest BCUT2D eigenvalue weighted by atomic mass is 32.2. The van der Waals surface area contributed by atoms with E-state index in [9.17, 15) is 28.0 Å². The normalized spacial score (nSPS) is 24.7. The number of hydrogen-bond acceptors (Lipinski definition) is 5. The Hall–Kier alpha value is -2.41. The molecule has 1 aromatic rings. The Labute approximate surface area is 194 Å². The van der Waals surface area contributed by atoms with Gasteiger partial charge in [-0.15, -0.1) is 11.8 Å². The van der Waals surface area contributed by atoms with Crippen LogP contribution in [0.25, 0.3) is 0 Å². The molecule has 0 unspecified atom stereocenters. The number of amides is 2. The van der Waals surface area contributed by atoms with E-state index in [4.69, 9.17) is 4.74 Å². The van der Waals surface area contributed by atoms with E-state index in [1.165, 1.54) is 17.8 Å². The molecule has 1 heterocycles. The van der Waals surface area contributed by atoms with Gasteiger partial charge in [-0.3, -0.25) is 9.59 Å². The van der Waals surface area contributed by atoms with Crippen LogP contribution in [0.5, 0.6) is 5.75 Å². The molecule has 1 aliphatic heterocycles. The van der Waals surface area contributed by atoms with Crippen molar-refractivity contribution in [2.24, 2.45) is 5.41 Å². The molecule has 178 valence electrons. The van der Waals surface area contributed by atoms with Crippen LogP contribution in [0.15, 0.2) is 23.1 Å². The number of aryl methyl sites for hydroxylation is 1. The van der Waals surface area contributed by atoms with Crippen molar-refractivity contribution in [3.63, 3.8) is 0 Å². The van der Waals surface area contributed by atoms with E-state index in [-0.39, 0.29) is 22.8 Å². The van der Waals surface area contributed by atoms with Crippen LogP contribution in [0.1, 0.15) is 44.6 Å². The van der Waals surface area contributed by atoms with Crippen molar-refractivity contribution >= 4 is 23.6 Å². The van der Waals surface area contributed by atoms with Crippen LogP contribution < -0.4 is 10.1 Å². The van der Waals surface area contributed by atoms with Crippen LogP contribution in [0.2, 0.25) is 0 Å². The van der Waals surface area contributed by atoms with Crippen LogP contribution in [0.3, 0.4) is 0 Å². The second kappa shape index (κ2) is 8.42. The Bertz CT molecular complexity index is 999. The van der Waals surface area contributed by atoms with Crippen LogP contribution in [0.4, 0.5) is 13.2 Å². The average molecular weight is 482 g/mol. The molecule has 6 nitrogen and oxygen atoms in total. The van der Waals surface area contributed by atoms with Gasteiger partial charge < -0.3 is 15.0 Å². The minimum atomic E-state index is -4.40. The van der Waals surface area contributed by atoms with Crippen molar-refractivity contribution in [1.82, 2.24) is 10.2 Å². The number of ether oxygens (including phenoxy) is 1. The number of nitrogens with zero attached hydrogens (tertiary/aromatic N) is 2. The molecule has 2 amide bonds. The molecule has 0 aromatic heterocycles. The number of rotatable bonds is 7. The van der Waals surface area contributed by atoms with Gasteiger partial charge in [0.2, 0.25) is 11.8 Å². The van der Waals surface area contributed by atoms with Crippen molar-refractivity contribution in [2.45, 2.75) is 73.9 Å². The number of carbonyl (C=O) groups excluding carboxylic acids is 2. The number of likely N-dealkylation sites (tertiary alicyclic amines) is 1. The van der Waals surface area contributed by atoms with E-state index < -0.39 is 29.8 Å². The number of nitrogens with one attached hydrogen (secondary N) is 1. The molecule has 1 saturated heterocycles. The zero-order chi connectivity index (χ0) is 24.0. The maximum atomic E-state index is 13.1. The average Bonchev–Trinajstić information content (AvgIpc) is 3.65. The lowest BCUT2D eigenvalue weighted by atomic mass is 10.1. The second-order valence-electron chi connectivity index (χ2n) is 9.52. The monoisotopic (exact) mass is 481 g/mol. The van der Waals surface area contributed by atoms with Crippen molar-refractivity contribution in [1.29, 1.82) is 5.26 Å². The molecule has 10 heteroatoms. The van der Waals surface area contributed by atoms with Crippen molar-refractivity contribution in [2.75, 3.05) is 13.2 Å². The molecule has 3 aliphatic rings. The van der Waals surface area contributed by atoms with E-state index in [1.807, 2.05) is 6.92 Å². The van der Waals surface area contributed by atoms with Gasteiger partial charge in [-0.1, -0.05) is 6.92 Å². The maximum absolute atomic E-state index is 13.1. The minimum absolute atomic E-state index is 0.0276. The summed E-state index contributed by atoms with van der Waals surface area (Å²) in [5.74, 6) is -0.176. The van der Waals surface area contributed by atoms with E-state index in [0.717, 1.165) is 23.3 Å². The van der Waals surface area contributed by atoms with Gasteiger partial charge in [-0.05, 0) is 62.8 Å². The molecule has 2 saturated carbocycles. The van der Waals surface area contributed by atoms with Crippen LogP contribution in [-0.2, 0) is 9.59 Å². The number of benzene rings is 1. The molecule has 2 atom stereocenters. The summed E-state index contributed by atoms with van der Waals surface area (Å²) in [5.41, 5.74) is -0.456. The van der Waals surface area contributed by atoms with Gasteiger partial charge in [0.25, 0.3) is 0 Å². The molecular formula is C23H26F3N3O3S. The van der Waals surface area contributed by atoms with Gasteiger partial charge in [0.05, 0.1) is 6.07 Å². The maximum Gasteiger partial charge on any atom is 0.422 e. The molecule has 4 rings (SSSR count). The SMILES string of the molecule is Cc1cc(OCC(F)(F)F)ccc1S[C@@H]1C[C@@H](C(=O)NC2(C#N)CC2)N(C(=O)C2(C)CC2)C1. The first-order valence-electron chi connectivity index (χ1n) is 10.9. The van der Waals surface area contributed by atoms with E-state index >= 15 is 0 Å². The summed E-state index contributed by atoms with van der Waals surface area (Å²) in [4.78, 5) is 28.7. The third-order valence-corrected chi connectivity index (χ3v) is 7.90. The Morgan fingerprint density at radius 1 is 1.30 bits per heavy atom. The predicted octanol–water partition coefficient (Wildman–Crippen LogP) is 3.97. The molecule has 1 aromatic carbocycles. The van der Waals surface area contributed by atoms with Crippen molar-refractivity contribution < 1.29 is 27.5 Å². The zero-order valence-corrected chi connectivity index (χ0v) is 19.3. The van der Waals surface area contributed by atoms with Gasteiger partial charge in [-0.2, -0.15) is 18.4 Å². The third-order valence-electron chi connectivity index (χ3n) is 6.51. The third kappa shape index (κ3) is 5.40. The first-order valence-corrected chi connectivity index (χ1v) is 11.8. The van der Waals surface area contributed by atoms with Crippen LogP contribution in [0, 0.1) is 23.7 Å². The smallest absolute Gasteiger partial charge is 0.422 e. The number of halogens is 3. The number of thioether (sulfide) groups is 1. The van der Waals surface area contributed by atoms with Gasteiger partial charge in [-0.25, -0.2) is 0 Å². The molecule has 33 heavy (non-hydrogen) atoms. The van der Waals surface area contributed by atoms with Crippen LogP contribution in [-0.4, -0.2) is 52.9 Å². The Balaban J connectivity index is 1.45. The molecule has 0 radical (unpaired) electrons. The Morgan fingerprint density at radius 3 is 2.55 bits per heavy atom. The summed E-state index contributed by atoms with van der Waals surface area (Å²) in [7, 11) is 0. The molecule has 0 bridgehead atoms. The fourth-order valence-corrected chi connectivity index (χ4v) is 5.27. The lowest BCUT2D eigenvalue weighted by Crippen LogP contribution is -2.50. The lowest BCUT2D eigenvalue weighted by molar-refractivity contribution is -0.153. The lowest BCUT2D eigenvalue weighted by Gasteiger charge is -2.27. The van der Waals surface area contributed by atoms with E-state index in [1.54, 1.807) is 24.0 Å². The van der Waals surface area contributed by atoms with Gasteiger partial charge in [0, 0.05) is 22.1 Å². The summed E-state index contributed by atoms with van der Waals surface area (Å²) in [6.45, 7) is 2.76. The highest BCUT2D eigenvalue weighted by Crippen LogP contribution is 2.48. The predicted molar refractivity (Wildman–Crippen MR) is 116 cm³/mol. The summed E-state index contributed by atoms with van der Waals surface area (Å²) < 4.78 is 42.0. The Morgan fingerprint density at radius 2 is 2.00 bits per heavy atom. The molecule has 3 fully saturated rings. The van der Waals surface area contributed by atoms with E-state index in [2.05, 4.69) is 11.4 Å². The summed E-state index contributed by atoms with van der Waals surface area (Å²) in [5, 5.41) is 12.1. The second-order valence-corrected chi connectivity index (χ2v) is 10.9. The van der Waals surface area contributed by atoms with Crippen molar-refractivity contribution in [3.8, 4) is 11.8 Å². The summed E-state index contributed by atoms with van der Waals surface area (Å²) >= 11 is 1.51. The van der Waals surface area contributed by atoms with Gasteiger partial charge >= 0.3 is 6.18 Å². The number of alkyl halides is 3. The number of hydrogen-bond donors (Lipinski definition) is 1. The molecule has 0 spiro atoms. The highest BCUT2D eigenvalue weighted by Gasteiger charge is 2.53. The first kappa shape index (κ1) is 23.7. The number of carbonyl (C=O) groups is 2. The zero-order valence-electron chi connectivity index (χ0n) is 18.5. The first-order chi connectivity index (χ1) is 15.4. The van der Waals surface area contributed by atoms with Crippen molar-refractivity contribution in [3.05, 3.63) is 23.8 Å². The van der Waals surface area contributed by atoms with Gasteiger partial charge in [0.1, 0.15) is 17.3 Å². The fraction of sp³-hybridized carbons (Fsp3) is 0.609. The molecule has 1 N–H and O–H groups in total. The topological polar surface area (TPSA) is 82.4 Å². The highest BCUT2D eigenvalue weighted by molar-refractivity contribution is 8.00. The summed E-state index contributed by atoms with van der Waals surface area (Å²) in [6, 6.07) is 6.29. The van der Waals surface area contributed by atoms with Crippen LogP contribution >= 0.6 is 11.8 Å². The molecule has 2 aliphatic carbocycles.